The molecule has 0 N–H and O–H groups in total. The fourth-order valence-corrected chi connectivity index (χ4v) is 2.00. The van der Waals surface area contributed by atoms with Crippen LogP contribution in [-0.2, 0) is 0 Å². The number of hydrogen-bond donors (Lipinski definition) is 0. The van der Waals surface area contributed by atoms with Crippen molar-refractivity contribution in [3.05, 3.63) is 23.3 Å². The molecule has 0 saturated heterocycles. The van der Waals surface area contributed by atoms with Gasteiger partial charge in [-0.25, -0.2) is 0 Å². The molecule has 1 rings (SSSR count). The van der Waals surface area contributed by atoms with E-state index in [1.807, 2.05) is 0 Å². The van der Waals surface area contributed by atoms with Crippen molar-refractivity contribution in [1.82, 2.24) is 0 Å². The van der Waals surface area contributed by atoms with Gasteiger partial charge in [0, 0.05) is 0 Å². The van der Waals surface area contributed by atoms with Crippen molar-refractivity contribution in [2.75, 3.05) is 0 Å². The van der Waals surface area contributed by atoms with Crippen LogP contribution < -0.4 is 0 Å². The largest absolute Gasteiger partial charge is 0.0730 e. The quantitative estimate of drug-likeness (QED) is 0.601. The SMILES string of the molecule is CC1=CC=C(C(C)CCC(C)(C)C)CC1. The Kier molecular flexibility index (Phi) is 4.19. The van der Waals surface area contributed by atoms with Crippen molar-refractivity contribution in [1.29, 1.82) is 0 Å². The van der Waals surface area contributed by atoms with Crippen molar-refractivity contribution < 1.29 is 0 Å². The topological polar surface area (TPSA) is 0 Å². The van der Waals surface area contributed by atoms with E-state index >= 15 is 0 Å². The normalized spacial score (nSPS) is 19.5. The maximum Gasteiger partial charge on any atom is -0.0228 e. The second-order valence-electron chi connectivity index (χ2n) is 6.25. The summed E-state index contributed by atoms with van der Waals surface area (Å²) < 4.78 is 0. The molecule has 0 amide bonds. The first kappa shape index (κ1) is 12.5. The molecule has 0 heteroatoms. The average molecular weight is 206 g/mol. The Morgan fingerprint density at radius 1 is 1.20 bits per heavy atom. The molecule has 1 aliphatic carbocycles. The van der Waals surface area contributed by atoms with E-state index in [0.717, 1.165) is 5.92 Å². The number of allylic oxidation sites excluding steroid dienone is 4. The summed E-state index contributed by atoms with van der Waals surface area (Å²) in [6.07, 6.45) is 9.87. The van der Waals surface area contributed by atoms with E-state index in [1.54, 1.807) is 5.57 Å². The van der Waals surface area contributed by atoms with Gasteiger partial charge >= 0.3 is 0 Å². The fourth-order valence-electron chi connectivity index (χ4n) is 2.00. The molecule has 0 saturated carbocycles. The van der Waals surface area contributed by atoms with Crippen LogP contribution in [0.5, 0.6) is 0 Å². The van der Waals surface area contributed by atoms with E-state index in [4.69, 9.17) is 0 Å². The van der Waals surface area contributed by atoms with Crippen LogP contribution in [0.3, 0.4) is 0 Å². The molecular formula is C15H26. The lowest BCUT2D eigenvalue weighted by Crippen LogP contribution is -2.10. The van der Waals surface area contributed by atoms with Crippen molar-refractivity contribution in [2.24, 2.45) is 11.3 Å². The molecular weight excluding hydrogens is 180 g/mol. The van der Waals surface area contributed by atoms with E-state index in [9.17, 15) is 0 Å². The summed E-state index contributed by atoms with van der Waals surface area (Å²) in [5.74, 6) is 0.772. The zero-order valence-electron chi connectivity index (χ0n) is 11.1. The Balaban J connectivity index is 2.44. The highest BCUT2D eigenvalue weighted by Crippen LogP contribution is 2.30. The highest BCUT2D eigenvalue weighted by Gasteiger charge is 2.15. The average Bonchev–Trinajstić information content (AvgIpc) is 2.14. The van der Waals surface area contributed by atoms with Crippen LogP contribution in [0, 0.1) is 11.3 Å². The zero-order chi connectivity index (χ0) is 11.5. The minimum Gasteiger partial charge on any atom is -0.0730 e. The molecule has 0 bridgehead atoms. The summed E-state index contributed by atoms with van der Waals surface area (Å²) in [5, 5.41) is 0. The lowest BCUT2D eigenvalue weighted by molar-refractivity contribution is 0.341. The van der Waals surface area contributed by atoms with Gasteiger partial charge in [-0.3, -0.25) is 0 Å². The fraction of sp³-hybridized carbons (Fsp3) is 0.733. The van der Waals surface area contributed by atoms with Crippen molar-refractivity contribution >= 4 is 0 Å². The molecule has 0 aromatic carbocycles. The lowest BCUT2D eigenvalue weighted by atomic mass is 9.82. The van der Waals surface area contributed by atoms with E-state index in [1.165, 1.54) is 31.3 Å². The first-order valence-corrected chi connectivity index (χ1v) is 6.25. The monoisotopic (exact) mass is 206 g/mol. The molecule has 0 spiro atoms. The van der Waals surface area contributed by atoms with Gasteiger partial charge in [-0.2, -0.15) is 0 Å². The van der Waals surface area contributed by atoms with E-state index in [-0.39, 0.29) is 0 Å². The highest BCUT2D eigenvalue weighted by atomic mass is 14.2. The summed E-state index contributed by atoms with van der Waals surface area (Å²) in [6.45, 7) is 11.6. The van der Waals surface area contributed by atoms with Gasteiger partial charge in [0.2, 0.25) is 0 Å². The van der Waals surface area contributed by atoms with Gasteiger partial charge in [-0.05, 0) is 43.9 Å². The molecule has 15 heavy (non-hydrogen) atoms. The Hall–Kier alpha value is -0.520. The van der Waals surface area contributed by atoms with E-state index in [2.05, 4.69) is 46.8 Å². The minimum atomic E-state index is 0.481. The van der Waals surface area contributed by atoms with Gasteiger partial charge in [0.25, 0.3) is 0 Å². The first-order valence-electron chi connectivity index (χ1n) is 6.25. The molecule has 0 heterocycles. The van der Waals surface area contributed by atoms with Crippen molar-refractivity contribution in [3.63, 3.8) is 0 Å². The second kappa shape index (κ2) is 5.01. The molecule has 1 unspecified atom stereocenters. The Bertz CT molecular complexity index is 260. The van der Waals surface area contributed by atoms with Gasteiger partial charge in [-0.15, -0.1) is 0 Å². The van der Waals surface area contributed by atoms with Crippen LogP contribution in [-0.4, -0.2) is 0 Å². The highest BCUT2D eigenvalue weighted by molar-refractivity contribution is 5.24. The third-order valence-corrected chi connectivity index (χ3v) is 3.35. The zero-order valence-corrected chi connectivity index (χ0v) is 11.1. The molecule has 1 aliphatic rings. The molecule has 0 radical (unpaired) electrons. The molecule has 0 aromatic heterocycles. The second-order valence-corrected chi connectivity index (χ2v) is 6.25. The summed E-state index contributed by atoms with van der Waals surface area (Å²) in [4.78, 5) is 0. The standard InChI is InChI=1S/C15H26/c1-12-6-8-14(9-7-12)13(2)10-11-15(3,4)5/h6,8,13H,7,9-11H2,1-5H3. The summed E-state index contributed by atoms with van der Waals surface area (Å²) in [7, 11) is 0. The predicted molar refractivity (Wildman–Crippen MR) is 68.9 cm³/mol. The molecule has 0 nitrogen and oxygen atoms in total. The van der Waals surface area contributed by atoms with E-state index in [0.29, 0.717) is 5.41 Å². The van der Waals surface area contributed by atoms with Crippen LogP contribution in [0.1, 0.15) is 60.3 Å². The summed E-state index contributed by atoms with van der Waals surface area (Å²) >= 11 is 0. The molecule has 0 fully saturated rings. The van der Waals surface area contributed by atoms with Gasteiger partial charge in [0.15, 0.2) is 0 Å². The van der Waals surface area contributed by atoms with Crippen LogP contribution in [0.2, 0.25) is 0 Å². The smallest absolute Gasteiger partial charge is 0.0228 e. The van der Waals surface area contributed by atoms with Crippen molar-refractivity contribution in [2.45, 2.75) is 60.3 Å². The Morgan fingerprint density at radius 3 is 2.33 bits per heavy atom. The number of hydrogen-bond acceptors (Lipinski definition) is 0. The third-order valence-electron chi connectivity index (χ3n) is 3.35. The van der Waals surface area contributed by atoms with Gasteiger partial charge in [0.1, 0.15) is 0 Å². The maximum atomic E-state index is 2.38. The predicted octanol–water partition coefficient (Wildman–Crippen LogP) is 5.12. The summed E-state index contributed by atoms with van der Waals surface area (Å²) in [5.41, 5.74) is 3.67. The van der Waals surface area contributed by atoms with Crippen LogP contribution in [0.15, 0.2) is 23.3 Å². The third kappa shape index (κ3) is 4.68. The molecule has 0 aliphatic heterocycles. The molecule has 86 valence electrons. The van der Waals surface area contributed by atoms with Crippen LogP contribution in [0.4, 0.5) is 0 Å². The van der Waals surface area contributed by atoms with E-state index < -0.39 is 0 Å². The van der Waals surface area contributed by atoms with Crippen molar-refractivity contribution in [3.8, 4) is 0 Å². The maximum absolute atomic E-state index is 2.38. The molecule has 1 atom stereocenters. The first-order chi connectivity index (χ1) is 6.88. The lowest BCUT2D eigenvalue weighted by Gasteiger charge is -2.23. The Morgan fingerprint density at radius 2 is 1.87 bits per heavy atom. The van der Waals surface area contributed by atoms with Gasteiger partial charge in [-0.1, -0.05) is 51.0 Å². The Labute approximate surface area is 95.5 Å². The van der Waals surface area contributed by atoms with Gasteiger partial charge in [0.05, 0.1) is 0 Å². The van der Waals surface area contributed by atoms with Gasteiger partial charge < -0.3 is 0 Å². The number of rotatable bonds is 3. The summed E-state index contributed by atoms with van der Waals surface area (Å²) in [6, 6.07) is 0. The minimum absolute atomic E-state index is 0.481. The molecule has 0 aromatic rings. The van der Waals surface area contributed by atoms with Crippen LogP contribution in [0.25, 0.3) is 0 Å². The van der Waals surface area contributed by atoms with Crippen LogP contribution >= 0.6 is 0 Å².